The van der Waals surface area contributed by atoms with Crippen LogP contribution < -0.4 is 5.32 Å². The van der Waals surface area contributed by atoms with Crippen molar-refractivity contribution in [2.45, 2.75) is 13.8 Å². The third-order valence-corrected chi connectivity index (χ3v) is 4.66. The Bertz CT molecular complexity index is 734. The number of aryl methyl sites for hydroxylation is 1. The molecule has 20 heavy (non-hydrogen) atoms. The number of rotatable bonds is 2. The van der Waals surface area contributed by atoms with E-state index in [-0.39, 0.29) is 10.0 Å². The molecule has 0 saturated carbocycles. The van der Waals surface area contributed by atoms with E-state index in [4.69, 9.17) is 5.26 Å². The van der Waals surface area contributed by atoms with Gasteiger partial charge in [0.05, 0.1) is 15.6 Å². The predicted octanol–water partition coefficient (Wildman–Crippen LogP) is 4.39. The molecule has 2 aromatic rings. The number of halogens is 2. The van der Waals surface area contributed by atoms with Crippen molar-refractivity contribution < 1.29 is 9.18 Å². The van der Waals surface area contributed by atoms with Crippen molar-refractivity contribution in [2.75, 3.05) is 5.32 Å². The molecule has 0 aliphatic heterocycles. The number of thiophene rings is 1. The van der Waals surface area contributed by atoms with E-state index in [0.717, 1.165) is 10.4 Å². The lowest BCUT2D eigenvalue weighted by Crippen LogP contribution is -2.13. The van der Waals surface area contributed by atoms with Crippen molar-refractivity contribution in [3.05, 3.63) is 50.1 Å². The summed E-state index contributed by atoms with van der Waals surface area (Å²) in [6.45, 7) is 3.69. The van der Waals surface area contributed by atoms with Crippen molar-refractivity contribution in [2.24, 2.45) is 0 Å². The molecule has 1 amide bonds. The normalized spacial score (nSPS) is 10.2. The molecule has 0 atom stereocenters. The van der Waals surface area contributed by atoms with Crippen LogP contribution in [0.5, 0.6) is 0 Å². The number of carbonyl (C=O) groups excluding carboxylic acids is 1. The van der Waals surface area contributed by atoms with Gasteiger partial charge in [0.2, 0.25) is 0 Å². The number of anilines is 1. The molecule has 0 unspecified atom stereocenters. The number of hydrogen-bond donors (Lipinski definition) is 1. The third kappa shape index (κ3) is 2.60. The second-order valence-corrected chi connectivity index (χ2v) is 6.23. The molecule has 1 heterocycles. The first-order valence-corrected chi connectivity index (χ1v) is 7.32. The minimum absolute atomic E-state index is 0.0630. The molecule has 1 aromatic carbocycles. The molecule has 0 radical (unpaired) electrons. The van der Waals surface area contributed by atoms with Gasteiger partial charge in [-0.25, -0.2) is 4.39 Å². The largest absolute Gasteiger partial charge is 0.312 e. The van der Waals surface area contributed by atoms with E-state index in [1.807, 2.05) is 13.8 Å². The predicted molar refractivity (Wildman–Crippen MR) is 80.6 cm³/mol. The smallest absolute Gasteiger partial charge is 0.259 e. The number of benzene rings is 1. The monoisotopic (exact) mass is 352 g/mol. The van der Waals surface area contributed by atoms with Crippen LogP contribution in [0.1, 0.15) is 26.4 Å². The van der Waals surface area contributed by atoms with Crippen molar-refractivity contribution in [1.29, 1.82) is 5.26 Å². The molecule has 1 N–H and O–H groups in total. The van der Waals surface area contributed by atoms with E-state index in [1.165, 1.54) is 23.5 Å². The minimum Gasteiger partial charge on any atom is -0.312 e. The standard InChI is InChI=1S/C14H10BrFN2OS/c1-7-8(2)20-14(10(7)6-17)18-13(19)9-4-3-5-11(15)12(9)16/h3-5H,1-2H3,(H,18,19). The van der Waals surface area contributed by atoms with Gasteiger partial charge in [0, 0.05) is 4.88 Å². The zero-order chi connectivity index (χ0) is 14.9. The summed E-state index contributed by atoms with van der Waals surface area (Å²) < 4.78 is 14.1. The fourth-order valence-electron chi connectivity index (χ4n) is 1.70. The zero-order valence-corrected chi connectivity index (χ0v) is 13.2. The van der Waals surface area contributed by atoms with Gasteiger partial charge in [0.25, 0.3) is 5.91 Å². The summed E-state index contributed by atoms with van der Waals surface area (Å²) in [5, 5.41) is 12.2. The maximum Gasteiger partial charge on any atom is 0.259 e. The molecule has 0 aliphatic carbocycles. The van der Waals surface area contributed by atoms with Gasteiger partial charge in [-0.1, -0.05) is 6.07 Å². The molecule has 0 spiro atoms. The Morgan fingerprint density at radius 3 is 2.80 bits per heavy atom. The summed E-state index contributed by atoms with van der Waals surface area (Å²) in [6.07, 6.45) is 0. The van der Waals surface area contributed by atoms with Gasteiger partial charge in [-0.05, 0) is 47.5 Å². The van der Waals surface area contributed by atoms with Gasteiger partial charge >= 0.3 is 0 Å². The molecular formula is C14H10BrFN2OS. The Morgan fingerprint density at radius 1 is 1.45 bits per heavy atom. The second-order valence-electron chi connectivity index (χ2n) is 4.15. The lowest BCUT2D eigenvalue weighted by Gasteiger charge is -2.05. The highest BCUT2D eigenvalue weighted by Gasteiger charge is 2.18. The van der Waals surface area contributed by atoms with E-state index in [2.05, 4.69) is 27.3 Å². The van der Waals surface area contributed by atoms with E-state index in [9.17, 15) is 9.18 Å². The Balaban J connectivity index is 2.36. The van der Waals surface area contributed by atoms with Gasteiger partial charge in [0.1, 0.15) is 16.9 Å². The summed E-state index contributed by atoms with van der Waals surface area (Å²) in [5.74, 6) is -1.19. The number of nitriles is 1. The first kappa shape index (κ1) is 14.7. The highest BCUT2D eigenvalue weighted by Crippen LogP contribution is 2.32. The van der Waals surface area contributed by atoms with Crippen LogP contribution in [0.25, 0.3) is 0 Å². The first-order chi connectivity index (χ1) is 9.45. The van der Waals surface area contributed by atoms with Crippen LogP contribution >= 0.6 is 27.3 Å². The Hall–Kier alpha value is -1.71. The van der Waals surface area contributed by atoms with Gasteiger partial charge in [0.15, 0.2) is 0 Å². The summed E-state index contributed by atoms with van der Waals surface area (Å²) in [4.78, 5) is 13.1. The van der Waals surface area contributed by atoms with Gasteiger partial charge in [-0.2, -0.15) is 5.26 Å². The first-order valence-electron chi connectivity index (χ1n) is 5.71. The average molecular weight is 353 g/mol. The minimum atomic E-state index is -0.617. The molecular weight excluding hydrogens is 343 g/mol. The van der Waals surface area contributed by atoms with E-state index < -0.39 is 11.7 Å². The van der Waals surface area contributed by atoms with Crippen LogP contribution in [-0.4, -0.2) is 5.91 Å². The summed E-state index contributed by atoms with van der Waals surface area (Å²) in [5.41, 5.74) is 1.20. The quantitative estimate of drug-likeness (QED) is 0.871. The van der Waals surface area contributed by atoms with Gasteiger partial charge in [-0.15, -0.1) is 11.3 Å². The van der Waals surface area contributed by atoms with E-state index in [0.29, 0.717) is 10.6 Å². The third-order valence-electron chi connectivity index (χ3n) is 2.92. The van der Waals surface area contributed by atoms with Crippen molar-refractivity contribution in [3.63, 3.8) is 0 Å². The van der Waals surface area contributed by atoms with Crippen molar-refractivity contribution >= 4 is 38.2 Å². The van der Waals surface area contributed by atoms with Crippen LogP contribution in [0.15, 0.2) is 22.7 Å². The molecule has 0 fully saturated rings. The summed E-state index contributed by atoms with van der Waals surface area (Å²) >= 11 is 4.35. The molecule has 2 rings (SSSR count). The second kappa shape index (κ2) is 5.73. The van der Waals surface area contributed by atoms with Crippen LogP contribution in [0.4, 0.5) is 9.39 Å². The number of nitrogens with zero attached hydrogens (tertiary/aromatic N) is 1. The molecule has 0 aliphatic rings. The molecule has 0 saturated heterocycles. The van der Waals surface area contributed by atoms with Crippen LogP contribution in [0.2, 0.25) is 0 Å². The van der Waals surface area contributed by atoms with Crippen LogP contribution in [0.3, 0.4) is 0 Å². The van der Waals surface area contributed by atoms with Crippen LogP contribution in [0, 0.1) is 31.0 Å². The average Bonchev–Trinajstić information content (AvgIpc) is 2.67. The maximum absolute atomic E-state index is 13.9. The zero-order valence-electron chi connectivity index (χ0n) is 10.8. The van der Waals surface area contributed by atoms with Gasteiger partial charge in [-0.3, -0.25) is 4.79 Å². The summed E-state index contributed by atoms with van der Waals surface area (Å²) in [7, 11) is 0. The number of carbonyl (C=O) groups is 1. The number of nitrogens with one attached hydrogen (secondary N) is 1. The highest BCUT2D eigenvalue weighted by atomic mass is 79.9. The lowest BCUT2D eigenvalue weighted by molar-refractivity contribution is 0.102. The van der Waals surface area contributed by atoms with E-state index in [1.54, 1.807) is 6.07 Å². The Morgan fingerprint density at radius 2 is 2.15 bits per heavy atom. The summed E-state index contributed by atoms with van der Waals surface area (Å²) in [6, 6.07) is 6.56. The van der Waals surface area contributed by atoms with Crippen molar-refractivity contribution in [1.82, 2.24) is 0 Å². The molecule has 102 valence electrons. The SMILES string of the molecule is Cc1sc(NC(=O)c2cccc(Br)c2F)c(C#N)c1C. The Kier molecular flexibility index (Phi) is 4.21. The molecule has 6 heteroatoms. The number of hydrogen-bond acceptors (Lipinski definition) is 3. The molecule has 0 bridgehead atoms. The highest BCUT2D eigenvalue weighted by molar-refractivity contribution is 9.10. The van der Waals surface area contributed by atoms with E-state index >= 15 is 0 Å². The van der Waals surface area contributed by atoms with Crippen LogP contribution in [-0.2, 0) is 0 Å². The lowest BCUT2D eigenvalue weighted by atomic mass is 10.1. The fraction of sp³-hybridized carbons (Fsp3) is 0.143. The topological polar surface area (TPSA) is 52.9 Å². The molecule has 1 aromatic heterocycles. The number of amides is 1. The fourth-order valence-corrected chi connectivity index (χ4v) is 3.07. The Labute approximate surface area is 128 Å². The molecule has 3 nitrogen and oxygen atoms in total. The van der Waals surface area contributed by atoms with Crippen molar-refractivity contribution in [3.8, 4) is 6.07 Å². The van der Waals surface area contributed by atoms with Gasteiger partial charge < -0.3 is 5.32 Å². The maximum atomic E-state index is 13.9.